The normalized spacial score (nSPS) is 23.9. The molecule has 2 fully saturated rings. The van der Waals surface area contributed by atoms with Crippen LogP contribution in [0.2, 0.25) is 0 Å². The van der Waals surface area contributed by atoms with Gasteiger partial charge < -0.3 is 15.1 Å². The lowest BCUT2D eigenvalue weighted by Crippen LogP contribution is -2.43. The highest BCUT2D eigenvalue weighted by Crippen LogP contribution is 2.48. The smallest absolute Gasteiger partial charge is 0.160 e. The van der Waals surface area contributed by atoms with Crippen molar-refractivity contribution in [3.05, 3.63) is 59.3 Å². The van der Waals surface area contributed by atoms with E-state index in [1.165, 1.54) is 25.0 Å². The zero-order valence-electron chi connectivity index (χ0n) is 21.8. The monoisotopic (exact) mass is 505 g/mol. The third-order valence-corrected chi connectivity index (χ3v) is 8.43. The Morgan fingerprint density at radius 3 is 2.46 bits per heavy atom. The molecule has 194 valence electrons. The Morgan fingerprint density at radius 2 is 1.78 bits per heavy atom. The fourth-order valence-electron chi connectivity index (χ4n) is 6.68. The summed E-state index contributed by atoms with van der Waals surface area (Å²) in [5, 5.41) is 3.29. The maximum Gasteiger partial charge on any atom is 0.160 e. The van der Waals surface area contributed by atoms with Crippen LogP contribution < -0.4 is 15.1 Å². The minimum absolute atomic E-state index is 0.253. The number of rotatable bonds is 5. The number of hydrogen-bond donors (Lipinski definition) is 1. The second-order valence-electron chi connectivity index (χ2n) is 11.4. The topological polar surface area (TPSA) is 70.1 Å². The van der Waals surface area contributed by atoms with Gasteiger partial charge in [-0.15, -0.1) is 0 Å². The second-order valence-corrected chi connectivity index (χ2v) is 11.4. The van der Waals surface area contributed by atoms with Crippen molar-refractivity contribution in [2.24, 2.45) is 17.8 Å². The molecule has 1 N–H and O–H groups in total. The summed E-state index contributed by atoms with van der Waals surface area (Å²) in [6.45, 7) is 8.86. The van der Waals surface area contributed by atoms with E-state index in [1.807, 2.05) is 18.9 Å². The third-order valence-electron chi connectivity index (χ3n) is 8.43. The van der Waals surface area contributed by atoms with Crippen LogP contribution in [-0.2, 0) is 11.8 Å². The van der Waals surface area contributed by atoms with Crippen LogP contribution in [0, 0.1) is 36.3 Å². The maximum absolute atomic E-state index is 14.1. The van der Waals surface area contributed by atoms with Crippen LogP contribution in [-0.4, -0.2) is 46.6 Å². The molecule has 1 aliphatic carbocycles. The molecular weight excluding hydrogens is 472 g/mol. The van der Waals surface area contributed by atoms with Crippen molar-refractivity contribution in [3.63, 3.8) is 0 Å². The molecule has 3 aromatic rings. The predicted molar refractivity (Wildman–Crippen MR) is 140 cm³/mol. The lowest BCUT2D eigenvalue weighted by Gasteiger charge is -2.38. The first-order valence-electron chi connectivity index (χ1n) is 13.1. The third kappa shape index (κ3) is 4.18. The largest absolute Gasteiger partial charge is 0.373 e. The quantitative estimate of drug-likeness (QED) is 0.522. The molecular formula is C28H33F2N7. The van der Waals surface area contributed by atoms with Gasteiger partial charge in [0.25, 0.3) is 0 Å². The van der Waals surface area contributed by atoms with Crippen LogP contribution in [0.5, 0.6) is 0 Å². The number of fused-ring (bicyclic) bond motifs is 3. The van der Waals surface area contributed by atoms with Crippen LogP contribution in [0.15, 0.2) is 30.6 Å². The van der Waals surface area contributed by atoms with E-state index in [4.69, 9.17) is 9.97 Å². The van der Waals surface area contributed by atoms with Gasteiger partial charge in [0.2, 0.25) is 0 Å². The Bertz CT molecular complexity index is 1330. The number of nitrogens with one attached hydrogen (secondary N) is 1. The average Bonchev–Trinajstić information content (AvgIpc) is 3.26. The number of anilines is 4. The molecule has 2 atom stereocenters. The summed E-state index contributed by atoms with van der Waals surface area (Å²) in [7, 11) is 1.88. The molecule has 37 heavy (non-hydrogen) atoms. The minimum atomic E-state index is -0.853. The molecule has 2 bridgehead atoms. The van der Waals surface area contributed by atoms with Gasteiger partial charge in [-0.1, -0.05) is 13.8 Å². The maximum atomic E-state index is 14.1. The molecule has 4 heterocycles. The number of halogens is 2. The lowest BCUT2D eigenvalue weighted by molar-refractivity contribution is 0.265. The van der Waals surface area contributed by atoms with Gasteiger partial charge >= 0.3 is 0 Å². The zero-order valence-corrected chi connectivity index (χ0v) is 21.8. The molecule has 0 amide bonds. The van der Waals surface area contributed by atoms with Gasteiger partial charge in [-0.25, -0.2) is 28.7 Å². The van der Waals surface area contributed by atoms with Crippen LogP contribution in [0.25, 0.3) is 0 Å². The van der Waals surface area contributed by atoms with Gasteiger partial charge in [0, 0.05) is 67.6 Å². The van der Waals surface area contributed by atoms with Gasteiger partial charge in [0.05, 0.1) is 0 Å². The van der Waals surface area contributed by atoms with Crippen LogP contribution >= 0.6 is 0 Å². The number of aromatic nitrogens is 4. The molecule has 0 spiro atoms. The molecule has 7 nitrogen and oxygen atoms in total. The number of benzene rings is 1. The Kier molecular flexibility index (Phi) is 5.76. The molecule has 2 unspecified atom stereocenters. The van der Waals surface area contributed by atoms with Gasteiger partial charge in [-0.05, 0) is 49.7 Å². The summed E-state index contributed by atoms with van der Waals surface area (Å²) >= 11 is 0. The van der Waals surface area contributed by atoms with Gasteiger partial charge in [0.1, 0.15) is 29.6 Å². The highest BCUT2D eigenvalue weighted by atomic mass is 19.2. The molecule has 0 radical (unpaired) electrons. The van der Waals surface area contributed by atoms with Gasteiger partial charge in [0.15, 0.2) is 11.6 Å². The first kappa shape index (κ1) is 24.0. The fourth-order valence-corrected chi connectivity index (χ4v) is 6.68. The molecule has 6 rings (SSSR count). The summed E-state index contributed by atoms with van der Waals surface area (Å²) < 4.78 is 27.8. The Balaban J connectivity index is 1.30. The molecule has 3 aliphatic rings. The van der Waals surface area contributed by atoms with E-state index in [0.717, 1.165) is 54.0 Å². The summed E-state index contributed by atoms with van der Waals surface area (Å²) in [5.41, 5.74) is 2.35. The average molecular weight is 506 g/mol. The molecule has 2 aliphatic heterocycles. The summed E-state index contributed by atoms with van der Waals surface area (Å²) in [6.07, 6.45) is 4.86. The summed E-state index contributed by atoms with van der Waals surface area (Å²) in [4.78, 5) is 23.2. The Labute approximate surface area is 216 Å². The van der Waals surface area contributed by atoms with Gasteiger partial charge in [-0.3, -0.25) is 0 Å². The SMILES string of the molecule is CNc1nc(CC2C3CCC2CN(c2cc(C)ncn2)C3)nc2c1C(C)(C)CN2c1ccc(F)c(F)c1. The molecule has 1 saturated carbocycles. The number of nitrogens with zero attached hydrogens (tertiary/aromatic N) is 6. The van der Waals surface area contributed by atoms with E-state index >= 15 is 0 Å². The first-order valence-corrected chi connectivity index (χ1v) is 13.1. The molecule has 9 heteroatoms. The van der Waals surface area contributed by atoms with Crippen LogP contribution in [0.1, 0.15) is 43.8 Å². The van der Waals surface area contributed by atoms with Crippen molar-refractivity contribution in [2.45, 2.75) is 45.4 Å². The summed E-state index contributed by atoms with van der Waals surface area (Å²) in [5.74, 6) is 3.34. The van der Waals surface area contributed by atoms with Crippen molar-refractivity contribution in [1.29, 1.82) is 0 Å². The second kappa shape index (κ2) is 8.89. The van der Waals surface area contributed by atoms with Gasteiger partial charge in [-0.2, -0.15) is 0 Å². The standard InChI is InChI=1S/C28H33F2N7/c1-16-9-24(33-15-32-16)36-12-17-5-6-18(13-36)20(17)11-23-34-26(31-4)25-27(35-23)37(14-28(25,2)3)19-7-8-21(29)22(30)10-19/h7-10,15,17-18,20H,5-6,11-14H2,1-4H3,(H,31,34,35). The lowest BCUT2D eigenvalue weighted by atomic mass is 9.82. The van der Waals surface area contributed by atoms with Crippen molar-refractivity contribution >= 4 is 23.1 Å². The highest BCUT2D eigenvalue weighted by Gasteiger charge is 2.44. The van der Waals surface area contributed by atoms with Crippen LogP contribution in [0.3, 0.4) is 0 Å². The van der Waals surface area contributed by atoms with Crippen LogP contribution in [0.4, 0.5) is 31.9 Å². The zero-order chi connectivity index (χ0) is 25.9. The van der Waals surface area contributed by atoms with E-state index < -0.39 is 11.6 Å². The first-order chi connectivity index (χ1) is 17.7. The molecule has 1 aromatic carbocycles. The minimum Gasteiger partial charge on any atom is -0.373 e. The molecule has 1 saturated heterocycles. The van der Waals surface area contributed by atoms with Crippen molar-refractivity contribution in [3.8, 4) is 0 Å². The van der Waals surface area contributed by atoms with E-state index in [-0.39, 0.29) is 5.41 Å². The van der Waals surface area contributed by atoms with Crippen molar-refractivity contribution in [2.75, 3.05) is 41.8 Å². The number of hydrogen-bond acceptors (Lipinski definition) is 7. The van der Waals surface area contributed by atoms with E-state index in [9.17, 15) is 8.78 Å². The van der Waals surface area contributed by atoms with Crippen molar-refractivity contribution < 1.29 is 8.78 Å². The fraction of sp³-hybridized carbons (Fsp3) is 0.500. The Hall–Kier alpha value is -3.36. The number of piperidine rings is 1. The Morgan fingerprint density at radius 1 is 1.03 bits per heavy atom. The number of aryl methyl sites for hydroxylation is 1. The molecule has 2 aromatic heterocycles. The van der Waals surface area contributed by atoms with E-state index in [0.29, 0.717) is 30.0 Å². The summed E-state index contributed by atoms with van der Waals surface area (Å²) in [6, 6.07) is 6.12. The van der Waals surface area contributed by atoms with E-state index in [2.05, 4.69) is 40.1 Å². The highest BCUT2D eigenvalue weighted by molar-refractivity contribution is 5.74. The van der Waals surface area contributed by atoms with Crippen molar-refractivity contribution in [1.82, 2.24) is 19.9 Å². The van der Waals surface area contributed by atoms with E-state index in [1.54, 1.807) is 12.4 Å². The predicted octanol–water partition coefficient (Wildman–Crippen LogP) is 5.03.